The third kappa shape index (κ3) is 21.8. The lowest BCUT2D eigenvalue weighted by atomic mass is 10.1. The van der Waals surface area contributed by atoms with Crippen LogP contribution >= 0.6 is 0 Å². The molecule has 24 heavy (non-hydrogen) atoms. The first-order valence-electron chi connectivity index (χ1n) is 10.1. The molecular formula is C19H46N2O3. The number of hydrogen-bond donors (Lipinski definition) is 2. The van der Waals surface area contributed by atoms with E-state index in [9.17, 15) is 0 Å². The Morgan fingerprint density at radius 3 is 1.75 bits per heavy atom. The van der Waals surface area contributed by atoms with Gasteiger partial charge in [-0.25, -0.2) is 0 Å². The molecule has 0 rings (SSSR count). The summed E-state index contributed by atoms with van der Waals surface area (Å²) in [7, 11) is 0. The molecule has 0 aromatic heterocycles. The predicted octanol–water partition coefficient (Wildman–Crippen LogP) is 3.61. The van der Waals surface area contributed by atoms with E-state index in [2.05, 4.69) is 12.2 Å². The molecule has 0 bridgehead atoms. The molecule has 0 aromatic carbocycles. The van der Waals surface area contributed by atoms with E-state index in [1.165, 1.54) is 44.9 Å². The van der Waals surface area contributed by atoms with Crippen LogP contribution in [0.2, 0.25) is 0 Å². The van der Waals surface area contributed by atoms with Gasteiger partial charge in [-0.05, 0) is 38.9 Å². The van der Waals surface area contributed by atoms with Gasteiger partial charge in [0.1, 0.15) is 0 Å². The highest BCUT2D eigenvalue weighted by molar-refractivity contribution is 4.50. The van der Waals surface area contributed by atoms with Crippen molar-refractivity contribution in [2.75, 3.05) is 59.3 Å². The summed E-state index contributed by atoms with van der Waals surface area (Å²) in [4.78, 5) is 0. The van der Waals surface area contributed by atoms with Gasteiger partial charge >= 0.3 is 0 Å². The normalized spacial score (nSPS) is 11.2. The molecule has 5 heteroatoms. The summed E-state index contributed by atoms with van der Waals surface area (Å²) in [6.07, 6.45) is 11.6. The van der Waals surface area contributed by atoms with Gasteiger partial charge in [0.2, 0.25) is 0 Å². The van der Waals surface area contributed by atoms with Gasteiger partial charge in [-0.1, -0.05) is 45.4 Å². The van der Waals surface area contributed by atoms with Crippen molar-refractivity contribution in [2.45, 2.75) is 64.7 Å². The molecule has 0 aliphatic carbocycles. The Morgan fingerprint density at radius 2 is 1.12 bits per heavy atom. The largest absolute Gasteiger partial charge is 0.379 e. The molecule has 0 saturated carbocycles. The van der Waals surface area contributed by atoms with Crippen LogP contribution in [0, 0.1) is 0 Å². The van der Waals surface area contributed by atoms with Gasteiger partial charge in [-0.3, -0.25) is 0 Å². The molecule has 150 valence electrons. The Kier molecular flexibility index (Phi) is 22.6. The second kappa shape index (κ2) is 22.8. The van der Waals surface area contributed by atoms with E-state index in [1.54, 1.807) is 0 Å². The van der Waals surface area contributed by atoms with Crippen molar-refractivity contribution in [1.82, 2.24) is 5.32 Å². The molecule has 0 spiro atoms. The maximum absolute atomic E-state index is 5.54. The van der Waals surface area contributed by atoms with Gasteiger partial charge in [0.05, 0.1) is 26.4 Å². The van der Waals surface area contributed by atoms with Crippen molar-refractivity contribution in [3.8, 4) is 0 Å². The van der Waals surface area contributed by atoms with Crippen LogP contribution in [0.5, 0.6) is 0 Å². The first-order valence-corrected chi connectivity index (χ1v) is 10.1. The van der Waals surface area contributed by atoms with E-state index < -0.39 is 0 Å². The van der Waals surface area contributed by atoms with E-state index in [0.29, 0.717) is 33.0 Å². The smallest absolute Gasteiger partial charge is 0.0701 e. The average Bonchev–Trinajstić information content (AvgIpc) is 2.60. The quantitative estimate of drug-likeness (QED) is 0.310. The van der Waals surface area contributed by atoms with Crippen LogP contribution in [0.1, 0.15) is 67.6 Å². The summed E-state index contributed by atoms with van der Waals surface area (Å²) in [5, 5.41) is 3.49. The molecule has 0 radical (unpaired) electrons. The summed E-state index contributed by atoms with van der Waals surface area (Å²) < 4.78 is 16.3. The van der Waals surface area contributed by atoms with Gasteiger partial charge in [0.15, 0.2) is 0 Å². The second-order valence-electron chi connectivity index (χ2n) is 6.20. The van der Waals surface area contributed by atoms with E-state index in [0.717, 1.165) is 39.1 Å². The molecule has 0 atom stereocenters. The lowest BCUT2D eigenvalue weighted by Crippen LogP contribution is -2.18. The zero-order chi connectivity index (χ0) is 17.6. The van der Waals surface area contributed by atoms with Crippen molar-refractivity contribution in [3.63, 3.8) is 0 Å². The van der Waals surface area contributed by atoms with E-state index in [4.69, 9.17) is 19.9 Å². The Labute approximate surface area is 153 Å². The van der Waals surface area contributed by atoms with E-state index >= 15 is 0 Å². The highest BCUT2D eigenvalue weighted by atomic mass is 16.5. The molecule has 0 aliphatic rings. The number of hydrogen-bond acceptors (Lipinski definition) is 5. The summed E-state index contributed by atoms with van der Waals surface area (Å²) in [6, 6.07) is 0. The minimum atomic E-state index is 0. The number of nitrogens with two attached hydrogens (primary N) is 1. The van der Waals surface area contributed by atoms with Crippen molar-refractivity contribution < 1.29 is 17.1 Å². The van der Waals surface area contributed by atoms with Crippen molar-refractivity contribution in [1.29, 1.82) is 0 Å². The summed E-state index contributed by atoms with van der Waals surface area (Å²) in [5.74, 6) is 0. The topological polar surface area (TPSA) is 65.7 Å². The molecule has 0 aromatic rings. The molecular weight excluding hydrogens is 304 g/mol. The predicted molar refractivity (Wildman–Crippen MR) is 106 cm³/mol. The van der Waals surface area contributed by atoms with Crippen LogP contribution < -0.4 is 11.1 Å². The van der Waals surface area contributed by atoms with E-state index in [1.807, 2.05) is 0 Å². The van der Waals surface area contributed by atoms with Gasteiger partial charge in [0.25, 0.3) is 0 Å². The molecule has 0 unspecified atom stereocenters. The molecule has 0 fully saturated rings. The van der Waals surface area contributed by atoms with Crippen LogP contribution in [0.4, 0.5) is 0 Å². The number of nitrogens with one attached hydrogen (secondary N) is 1. The maximum atomic E-state index is 5.54. The Hall–Kier alpha value is -0.200. The number of ether oxygens (including phenoxy) is 3. The van der Waals surface area contributed by atoms with Gasteiger partial charge in [-0.15, -0.1) is 0 Å². The molecule has 0 saturated heterocycles. The first-order chi connectivity index (χ1) is 11.9. The highest BCUT2D eigenvalue weighted by Gasteiger charge is 1.94. The Bertz CT molecular complexity index is 207. The lowest BCUT2D eigenvalue weighted by Gasteiger charge is -2.07. The second-order valence-corrected chi connectivity index (χ2v) is 6.20. The fourth-order valence-electron chi connectivity index (χ4n) is 2.36. The fourth-order valence-corrected chi connectivity index (χ4v) is 2.36. The van der Waals surface area contributed by atoms with E-state index in [-0.39, 0.29) is 2.85 Å². The molecule has 0 aliphatic heterocycles. The van der Waals surface area contributed by atoms with Crippen molar-refractivity contribution >= 4 is 0 Å². The summed E-state index contributed by atoms with van der Waals surface area (Å²) >= 11 is 0. The van der Waals surface area contributed by atoms with Gasteiger partial charge < -0.3 is 25.3 Å². The van der Waals surface area contributed by atoms with Crippen molar-refractivity contribution in [3.05, 3.63) is 0 Å². The Morgan fingerprint density at radius 1 is 0.625 bits per heavy atom. The zero-order valence-electron chi connectivity index (χ0n) is 16.0. The van der Waals surface area contributed by atoms with Crippen LogP contribution in [-0.4, -0.2) is 59.3 Å². The minimum Gasteiger partial charge on any atom is -0.379 e. The highest BCUT2D eigenvalue weighted by Crippen LogP contribution is 2.06. The SMILES string of the molecule is CCCCCCCCCNCCCOCCOCCOCCCN.[HH].[HH]. The fraction of sp³-hybridized carbons (Fsp3) is 1.00. The van der Waals surface area contributed by atoms with Crippen LogP contribution in [0.15, 0.2) is 0 Å². The molecule has 3 N–H and O–H groups in total. The summed E-state index contributed by atoms with van der Waals surface area (Å²) in [6.45, 7) is 9.25. The monoisotopic (exact) mass is 350 g/mol. The molecule has 0 heterocycles. The van der Waals surface area contributed by atoms with Crippen LogP contribution in [-0.2, 0) is 14.2 Å². The maximum Gasteiger partial charge on any atom is 0.0701 e. The van der Waals surface area contributed by atoms with Crippen LogP contribution in [0.25, 0.3) is 0 Å². The van der Waals surface area contributed by atoms with Gasteiger partial charge in [-0.2, -0.15) is 0 Å². The third-order valence-electron chi connectivity index (χ3n) is 3.84. The third-order valence-corrected chi connectivity index (χ3v) is 3.84. The average molecular weight is 351 g/mol. The van der Waals surface area contributed by atoms with Crippen LogP contribution in [0.3, 0.4) is 0 Å². The van der Waals surface area contributed by atoms with Gasteiger partial charge in [0, 0.05) is 16.1 Å². The standard InChI is InChI=1S/C19H42N2O3.2H2/c1-2-3-4-5-6-7-8-12-21-13-10-15-23-17-19-24-18-16-22-14-9-11-20;;/h21H,2-20H2,1H3;2*1H. The number of unbranched alkanes of at least 4 members (excludes halogenated alkanes) is 6. The Balaban J connectivity index is -0.00000264. The minimum absolute atomic E-state index is 0. The lowest BCUT2D eigenvalue weighted by molar-refractivity contribution is 0.0141. The van der Waals surface area contributed by atoms with Crippen molar-refractivity contribution in [2.24, 2.45) is 5.73 Å². The summed E-state index contributed by atoms with van der Waals surface area (Å²) in [5.41, 5.74) is 5.38. The molecule has 0 amide bonds. The molecule has 5 nitrogen and oxygen atoms in total. The zero-order valence-corrected chi connectivity index (χ0v) is 16.0. The number of rotatable bonds is 21. The first kappa shape index (κ1) is 23.8.